The van der Waals surface area contributed by atoms with Gasteiger partial charge in [0.25, 0.3) is 0 Å². The number of likely N-dealkylation sites (N-methyl/N-ethyl adjacent to an activating group) is 1. The van der Waals surface area contributed by atoms with E-state index < -0.39 is 0 Å². The van der Waals surface area contributed by atoms with Crippen LogP contribution in [0.2, 0.25) is 0 Å². The van der Waals surface area contributed by atoms with Gasteiger partial charge in [-0.1, -0.05) is 53.1 Å². The molecular weight excluding hydrogens is 298 g/mol. The van der Waals surface area contributed by atoms with E-state index in [9.17, 15) is 0 Å². The van der Waals surface area contributed by atoms with Crippen LogP contribution in [0.1, 0.15) is 56.2 Å². The highest BCUT2D eigenvalue weighted by Crippen LogP contribution is 2.33. The summed E-state index contributed by atoms with van der Waals surface area (Å²) in [6, 6.07) is 7.06. The number of aryl methyl sites for hydroxylation is 1. The van der Waals surface area contributed by atoms with Gasteiger partial charge >= 0.3 is 0 Å². The van der Waals surface area contributed by atoms with Gasteiger partial charge in [0.2, 0.25) is 0 Å². The predicted molar refractivity (Wildman–Crippen MR) is 86.5 cm³/mol. The van der Waals surface area contributed by atoms with Crippen molar-refractivity contribution < 1.29 is 0 Å². The Morgan fingerprint density at radius 2 is 2.11 bits per heavy atom. The summed E-state index contributed by atoms with van der Waals surface area (Å²) in [6.45, 7) is 5.33. The molecule has 0 amide bonds. The fourth-order valence-corrected chi connectivity index (χ4v) is 3.54. The minimum Gasteiger partial charge on any atom is -0.307 e. The van der Waals surface area contributed by atoms with Crippen molar-refractivity contribution in [3.8, 4) is 0 Å². The van der Waals surface area contributed by atoms with Crippen LogP contribution in [0.15, 0.2) is 34.3 Å². The lowest BCUT2D eigenvalue weighted by atomic mass is 9.94. The highest BCUT2D eigenvalue weighted by molar-refractivity contribution is 9.10. The summed E-state index contributed by atoms with van der Waals surface area (Å²) in [4.78, 5) is 0. The van der Waals surface area contributed by atoms with E-state index in [-0.39, 0.29) is 0 Å². The van der Waals surface area contributed by atoms with Gasteiger partial charge in [-0.3, -0.25) is 0 Å². The number of nitrogens with one attached hydrogen (secondary N) is 1. The van der Waals surface area contributed by atoms with Crippen LogP contribution in [-0.4, -0.2) is 6.54 Å². The summed E-state index contributed by atoms with van der Waals surface area (Å²) >= 11 is 3.74. The molecule has 1 N–H and O–H groups in total. The van der Waals surface area contributed by atoms with E-state index in [1.807, 2.05) is 0 Å². The lowest BCUT2D eigenvalue weighted by molar-refractivity contribution is 0.588. The topological polar surface area (TPSA) is 12.0 Å². The molecule has 19 heavy (non-hydrogen) atoms. The molecule has 0 radical (unpaired) electrons. The fraction of sp³-hybridized carbons (Fsp3) is 0.529. The van der Waals surface area contributed by atoms with Gasteiger partial charge in [0.05, 0.1) is 6.04 Å². The molecule has 1 aliphatic rings. The second-order valence-corrected chi connectivity index (χ2v) is 6.25. The van der Waals surface area contributed by atoms with Crippen molar-refractivity contribution in [1.29, 1.82) is 0 Å². The molecule has 0 saturated heterocycles. The van der Waals surface area contributed by atoms with Crippen molar-refractivity contribution in [2.24, 2.45) is 0 Å². The maximum Gasteiger partial charge on any atom is 0.0547 e. The average molecular weight is 322 g/mol. The maximum atomic E-state index is 3.74. The average Bonchev–Trinajstić information content (AvgIpc) is 2.65. The molecule has 1 aromatic carbocycles. The molecule has 0 bridgehead atoms. The Morgan fingerprint density at radius 1 is 1.26 bits per heavy atom. The first-order chi connectivity index (χ1) is 9.22. The third-order valence-electron chi connectivity index (χ3n) is 3.82. The van der Waals surface area contributed by atoms with E-state index >= 15 is 0 Å². The van der Waals surface area contributed by atoms with Gasteiger partial charge in [-0.25, -0.2) is 0 Å². The SMILES string of the molecule is CCNC(C1=CCCCCC1)c1ccc(C)cc1Br. The lowest BCUT2D eigenvalue weighted by Crippen LogP contribution is -2.23. The molecular formula is C17H24BrN. The molecule has 0 aromatic heterocycles. The number of halogens is 1. The first-order valence-corrected chi connectivity index (χ1v) is 8.20. The molecule has 0 fully saturated rings. The molecule has 0 aliphatic heterocycles. The van der Waals surface area contributed by atoms with E-state index in [0.717, 1.165) is 6.54 Å². The highest BCUT2D eigenvalue weighted by atomic mass is 79.9. The summed E-state index contributed by atoms with van der Waals surface area (Å²) in [5, 5.41) is 3.66. The van der Waals surface area contributed by atoms with Gasteiger partial charge in [0.15, 0.2) is 0 Å². The predicted octanol–water partition coefficient (Wildman–Crippen LogP) is 5.30. The zero-order valence-corrected chi connectivity index (χ0v) is 13.6. The first-order valence-electron chi connectivity index (χ1n) is 7.40. The van der Waals surface area contributed by atoms with Crippen LogP contribution in [0.4, 0.5) is 0 Å². The Hall–Kier alpha value is -0.600. The van der Waals surface area contributed by atoms with E-state index in [2.05, 4.69) is 59.4 Å². The second-order valence-electron chi connectivity index (χ2n) is 5.39. The molecule has 1 unspecified atom stereocenters. The number of benzene rings is 1. The van der Waals surface area contributed by atoms with Crippen molar-refractivity contribution in [3.05, 3.63) is 45.4 Å². The monoisotopic (exact) mass is 321 g/mol. The third-order valence-corrected chi connectivity index (χ3v) is 4.51. The van der Waals surface area contributed by atoms with Crippen LogP contribution in [0.5, 0.6) is 0 Å². The smallest absolute Gasteiger partial charge is 0.0547 e. The summed E-state index contributed by atoms with van der Waals surface area (Å²) in [5.74, 6) is 0. The van der Waals surface area contributed by atoms with Crippen molar-refractivity contribution >= 4 is 15.9 Å². The van der Waals surface area contributed by atoms with Crippen LogP contribution in [-0.2, 0) is 0 Å². The minimum absolute atomic E-state index is 0.373. The molecule has 104 valence electrons. The Bertz CT molecular complexity index is 451. The normalized spacial score (nSPS) is 17.7. The van der Waals surface area contributed by atoms with Crippen LogP contribution in [0.3, 0.4) is 0 Å². The molecule has 0 spiro atoms. The number of allylic oxidation sites excluding steroid dienone is 1. The quantitative estimate of drug-likeness (QED) is 0.742. The molecule has 1 atom stereocenters. The van der Waals surface area contributed by atoms with Crippen LogP contribution in [0.25, 0.3) is 0 Å². The van der Waals surface area contributed by atoms with Crippen molar-refractivity contribution in [3.63, 3.8) is 0 Å². The highest BCUT2D eigenvalue weighted by Gasteiger charge is 2.18. The van der Waals surface area contributed by atoms with E-state index in [1.54, 1.807) is 5.57 Å². The molecule has 1 aliphatic carbocycles. The number of rotatable bonds is 4. The number of hydrogen-bond acceptors (Lipinski definition) is 1. The molecule has 1 nitrogen and oxygen atoms in total. The number of hydrogen-bond donors (Lipinski definition) is 1. The molecule has 2 heteroatoms. The second kappa shape index (κ2) is 7.25. The Balaban J connectivity index is 2.30. The van der Waals surface area contributed by atoms with Crippen molar-refractivity contribution in [1.82, 2.24) is 5.32 Å². The summed E-state index contributed by atoms with van der Waals surface area (Å²) in [7, 11) is 0. The summed E-state index contributed by atoms with van der Waals surface area (Å²) in [6.07, 6.45) is 8.98. The van der Waals surface area contributed by atoms with Gasteiger partial charge in [0, 0.05) is 4.47 Å². The van der Waals surface area contributed by atoms with Crippen LogP contribution < -0.4 is 5.32 Å². The van der Waals surface area contributed by atoms with Crippen LogP contribution >= 0.6 is 15.9 Å². The minimum atomic E-state index is 0.373. The Kier molecular flexibility index (Phi) is 5.65. The maximum absolute atomic E-state index is 3.74. The van der Waals surface area contributed by atoms with E-state index in [4.69, 9.17) is 0 Å². The molecule has 2 rings (SSSR count). The summed E-state index contributed by atoms with van der Waals surface area (Å²) in [5.41, 5.74) is 4.25. The van der Waals surface area contributed by atoms with Crippen molar-refractivity contribution in [2.75, 3.05) is 6.54 Å². The third kappa shape index (κ3) is 3.93. The summed E-state index contributed by atoms with van der Waals surface area (Å²) < 4.78 is 1.23. The van der Waals surface area contributed by atoms with Gasteiger partial charge in [-0.15, -0.1) is 0 Å². The van der Waals surface area contributed by atoms with Gasteiger partial charge in [-0.05, 0) is 56.3 Å². The van der Waals surface area contributed by atoms with Crippen LogP contribution in [0, 0.1) is 6.92 Å². The fourth-order valence-electron chi connectivity index (χ4n) is 2.81. The zero-order valence-electron chi connectivity index (χ0n) is 12.0. The Morgan fingerprint density at radius 3 is 2.84 bits per heavy atom. The van der Waals surface area contributed by atoms with Crippen molar-refractivity contribution in [2.45, 2.75) is 52.0 Å². The van der Waals surface area contributed by atoms with Gasteiger partial charge in [0.1, 0.15) is 0 Å². The van der Waals surface area contributed by atoms with Gasteiger partial charge < -0.3 is 5.32 Å². The molecule has 0 saturated carbocycles. The first kappa shape index (κ1) is 14.8. The Labute approximate surface area is 125 Å². The zero-order chi connectivity index (χ0) is 13.7. The lowest BCUT2D eigenvalue weighted by Gasteiger charge is -2.23. The standard InChI is InChI=1S/C17H24BrN/c1-3-19-17(14-8-6-4-5-7-9-14)15-11-10-13(2)12-16(15)18/h8,10-12,17,19H,3-7,9H2,1-2H3. The molecule has 0 heterocycles. The molecule has 1 aromatic rings. The van der Waals surface area contributed by atoms with E-state index in [1.165, 1.54) is 47.7 Å². The van der Waals surface area contributed by atoms with Gasteiger partial charge in [-0.2, -0.15) is 0 Å². The largest absolute Gasteiger partial charge is 0.307 e. The van der Waals surface area contributed by atoms with E-state index in [0.29, 0.717) is 6.04 Å².